The Morgan fingerprint density at radius 3 is 2.94 bits per heavy atom. The van der Waals surface area contributed by atoms with Crippen molar-refractivity contribution in [3.05, 3.63) is 24.0 Å². The second-order valence-corrected chi connectivity index (χ2v) is 4.48. The SMILES string of the molecule is NC(=O)c1cc(NCC2(O)CCOCC2)ccn1. The van der Waals surface area contributed by atoms with Crippen LogP contribution in [0.1, 0.15) is 23.3 Å². The summed E-state index contributed by atoms with van der Waals surface area (Å²) < 4.78 is 5.21. The molecule has 0 saturated carbocycles. The maximum atomic E-state index is 11.0. The summed E-state index contributed by atoms with van der Waals surface area (Å²) in [6.07, 6.45) is 2.72. The first kappa shape index (κ1) is 12.8. The van der Waals surface area contributed by atoms with Gasteiger partial charge in [-0.1, -0.05) is 0 Å². The fraction of sp³-hybridized carbons (Fsp3) is 0.500. The number of nitrogens with zero attached hydrogens (tertiary/aromatic N) is 1. The van der Waals surface area contributed by atoms with Gasteiger partial charge in [0.15, 0.2) is 0 Å². The molecule has 1 aromatic heterocycles. The standard InChI is InChI=1S/C12H17N3O3/c13-11(16)10-7-9(1-4-14-10)15-8-12(17)2-5-18-6-3-12/h1,4,7,17H,2-3,5-6,8H2,(H2,13,16)(H,14,15). The summed E-state index contributed by atoms with van der Waals surface area (Å²) in [7, 11) is 0. The molecule has 1 fully saturated rings. The maximum Gasteiger partial charge on any atom is 0.267 e. The van der Waals surface area contributed by atoms with Gasteiger partial charge < -0.3 is 20.9 Å². The van der Waals surface area contributed by atoms with Crippen molar-refractivity contribution in [2.75, 3.05) is 25.1 Å². The monoisotopic (exact) mass is 251 g/mol. The van der Waals surface area contributed by atoms with Gasteiger partial charge >= 0.3 is 0 Å². The van der Waals surface area contributed by atoms with E-state index in [1.807, 2.05) is 0 Å². The number of hydrogen-bond donors (Lipinski definition) is 3. The third-order valence-electron chi connectivity index (χ3n) is 3.06. The summed E-state index contributed by atoms with van der Waals surface area (Å²) in [4.78, 5) is 14.8. The van der Waals surface area contributed by atoms with Crippen LogP contribution >= 0.6 is 0 Å². The summed E-state index contributed by atoms with van der Waals surface area (Å²) >= 11 is 0. The van der Waals surface area contributed by atoms with Crippen LogP contribution in [0.25, 0.3) is 0 Å². The molecule has 6 nitrogen and oxygen atoms in total. The van der Waals surface area contributed by atoms with E-state index in [9.17, 15) is 9.90 Å². The van der Waals surface area contributed by atoms with E-state index in [-0.39, 0.29) is 5.69 Å². The summed E-state index contributed by atoms with van der Waals surface area (Å²) in [6, 6.07) is 3.31. The first-order valence-corrected chi connectivity index (χ1v) is 5.89. The lowest BCUT2D eigenvalue weighted by molar-refractivity contribution is -0.0543. The molecule has 0 spiro atoms. The molecular formula is C12H17N3O3. The number of nitrogens with one attached hydrogen (secondary N) is 1. The zero-order chi connectivity index (χ0) is 13.0. The number of nitrogens with two attached hydrogens (primary N) is 1. The molecule has 1 saturated heterocycles. The van der Waals surface area contributed by atoms with Gasteiger partial charge in [-0.3, -0.25) is 9.78 Å². The Kier molecular flexibility index (Phi) is 3.78. The Bertz CT molecular complexity index is 430. The predicted molar refractivity (Wildman–Crippen MR) is 66.2 cm³/mol. The van der Waals surface area contributed by atoms with Crippen molar-refractivity contribution in [2.45, 2.75) is 18.4 Å². The van der Waals surface area contributed by atoms with Gasteiger partial charge in [0.2, 0.25) is 0 Å². The largest absolute Gasteiger partial charge is 0.388 e. The first-order valence-electron chi connectivity index (χ1n) is 5.89. The van der Waals surface area contributed by atoms with Crippen LogP contribution in [0.4, 0.5) is 5.69 Å². The van der Waals surface area contributed by atoms with E-state index in [1.165, 1.54) is 6.20 Å². The molecule has 0 unspecified atom stereocenters. The molecule has 1 amide bonds. The number of primary amides is 1. The number of anilines is 1. The lowest BCUT2D eigenvalue weighted by Gasteiger charge is -2.32. The van der Waals surface area contributed by atoms with Crippen LogP contribution in [0.5, 0.6) is 0 Å². The van der Waals surface area contributed by atoms with Crippen LogP contribution in [0.3, 0.4) is 0 Å². The molecule has 0 radical (unpaired) electrons. The van der Waals surface area contributed by atoms with Gasteiger partial charge in [0, 0.05) is 44.5 Å². The Balaban J connectivity index is 1.97. The molecule has 0 atom stereocenters. The van der Waals surface area contributed by atoms with Crippen molar-refractivity contribution < 1.29 is 14.6 Å². The van der Waals surface area contributed by atoms with Crippen molar-refractivity contribution in [1.82, 2.24) is 4.98 Å². The first-order chi connectivity index (χ1) is 8.59. The van der Waals surface area contributed by atoms with Crippen LogP contribution in [-0.2, 0) is 4.74 Å². The molecule has 1 aromatic rings. The Hall–Kier alpha value is -1.66. The van der Waals surface area contributed by atoms with Crippen LogP contribution < -0.4 is 11.1 Å². The fourth-order valence-corrected chi connectivity index (χ4v) is 1.87. The van der Waals surface area contributed by atoms with Gasteiger partial charge in [-0.05, 0) is 12.1 Å². The summed E-state index contributed by atoms with van der Waals surface area (Å²) in [6.45, 7) is 1.56. The minimum atomic E-state index is -0.756. The van der Waals surface area contributed by atoms with E-state index in [0.717, 1.165) is 5.69 Å². The van der Waals surface area contributed by atoms with Crippen LogP contribution in [0, 0.1) is 0 Å². The van der Waals surface area contributed by atoms with E-state index >= 15 is 0 Å². The molecule has 98 valence electrons. The molecule has 1 aliphatic rings. The van der Waals surface area contributed by atoms with Crippen molar-refractivity contribution in [3.8, 4) is 0 Å². The molecule has 2 rings (SSSR count). The van der Waals surface area contributed by atoms with Crippen LogP contribution in [0.2, 0.25) is 0 Å². The lowest BCUT2D eigenvalue weighted by atomic mass is 9.94. The lowest BCUT2D eigenvalue weighted by Crippen LogP contribution is -2.42. The van der Waals surface area contributed by atoms with Crippen LogP contribution in [-0.4, -0.2) is 41.4 Å². The number of rotatable bonds is 4. The quantitative estimate of drug-likeness (QED) is 0.707. The highest BCUT2D eigenvalue weighted by atomic mass is 16.5. The fourth-order valence-electron chi connectivity index (χ4n) is 1.87. The summed E-state index contributed by atoms with van der Waals surface area (Å²) in [5, 5.41) is 13.4. The number of carbonyl (C=O) groups is 1. The highest BCUT2D eigenvalue weighted by molar-refractivity contribution is 5.91. The number of carbonyl (C=O) groups excluding carboxylic acids is 1. The average molecular weight is 251 g/mol. The molecule has 2 heterocycles. The normalized spacial score (nSPS) is 18.3. The van der Waals surface area contributed by atoms with Crippen molar-refractivity contribution >= 4 is 11.6 Å². The second-order valence-electron chi connectivity index (χ2n) is 4.48. The molecule has 0 bridgehead atoms. The second kappa shape index (κ2) is 5.32. The molecule has 0 aromatic carbocycles. The summed E-state index contributed by atoms with van der Waals surface area (Å²) in [5.74, 6) is -0.566. The van der Waals surface area contributed by atoms with E-state index in [1.54, 1.807) is 12.1 Å². The highest BCUT2D eigenvalue weighted by Gasteiger charge is 2.29. The van der Waals surface area contributed by atoms with E-state index < -0.39 is 11.5 Å². The number of pyridine rings is 1. The van der Waals surface area contributed by atoms with Gasteiger partial charge in [0.05, 0.1) is 5.60 Å². The topological polar surface area (TPSA) is 97.5 Å². The van der Waals surface area contributed by atoms with E-state index in [0.29, 0.717) is 32.6 Å². The Labute approximate surface area is 105 Å². The van der Waals surface area contributed by atoms with Crippen molar-refractivity contribution in [3.63, 3.8) is 0 Å². The minimum Gasteiger partial charge on any atom is -0.388 e. The van der Waals surface area contributed by atoms with E-state index in [2.05, 4.69) is 10.3 Å². The number of hydrogen-bond acceptors (Lipinski definition) is 5. The average Bonchev–Trinajstić information content (AvgIpc) is 2.38. The molecule has 4 N–H and O–H groups in total. The number of amides is 1. The molecule has 18 heavy (non-hydrogen) atoms. The van der Waals surface area contributed by atoms with Gasteiger partial charge in [0.25, 0.3) is 5.91 Å². The van der Waals surface area contributed by atoms with Gasteiger partial charge in [-0.2, -0.15) is 0 Å². The third-order valence-corrected chi connectivity index (χ3v) is 3.06. The third kappa shape index (κ3) is 3.18. The molecule has 6 heteroatoms. The number of aliphatic hydroxyl groups is 1. The Morgan fingerprint density at radius 1 is 1.56 bits per heavy atom. The number of ether oxygens (including phenoxy) is 1. The highest BCUT2D eigenvalue weighted by Crippen LogP contribution is 2.21. The molecular weight excluding hydrogens is 234 g/mol. The zero-order valence-electron chi connectivity index (χ0n) is 10.1. The van der Waals surface area contributed by atoms with Crippen molar-refractivity contribution in [1.29, 1.82) is 0 Å². The van der Waals surface area contributed by atoms with Crippen LogP contribution in [0.15, 0.2) is 18.3 Å². The van der Waals surface area contributed by atoms with Gasteiger partial charge in [-0.15, -0.1) is 0 Å². The number of aromatic nitrogens is 1. The van der Waals surface area contributed by atoms with E-state index in [4.69, 9.17) is 10.5 Å². The smallest absolute Gasteiger partial charge is 0.267 e. The van der Waals surface area contributed by atoms with Crippen molar-refractivity contribution in [2.24, 2.45) is 5.73 Å². The molecule has 0 aliphatic carbocycles. The Morgan fingerprint density at radius 2 is 2.28 bits per heavy atom. The predicted octanol–water partition coefficient (Wildman–Crippen LogP) is 0.134. The van der Waals surface area contributed by atoms with Gasteiger partial charge in [-0.25, -0.2) is 0 Å². The summed E-state index contributed by atoms with van der Waals surface area (Å²) in [5.41, 5.74) is 5.33. The zero-order valence-corrected chi connectivity index (χ0v) is 10.1. The minimum absolute atomic E-state index is 0.207. The van der Waals surface area contributed by atoms with Gasteiger partial charge in [0.1, 0.15) is 5.69 Å². The molecule has 1 aliphatic heterocycles. The maximum absolute atomic E-state index is 11.0.